The summed E-state index contributed by atoms with van der Waals surface area (Å²) in [5, 5.41) is 3.58. The largest absolute Gasteiger partial charge is 0.493 e. The molecule has 0 amide bonds. The standard InChI is InChI=1S/C20H27NO/c1-3-4-10-15-22-20-14-9-8-13-19(20)16-21-17(2)18-11-6-5-7-12-18/h5-9,11-14,17,21H,3-4,10,15-16H2,1-2H3/t17-/m1/s1. The van der Waals surface area contributed by atoms with E-state index < -0.39 is 0 Å². The average molecular weight is 297 g/mol. The summed E-state index contributed by atoms with van der Waals surface area (Å²) < 4.78 is 5.94. The number of benzene rings is 2. The van der Waals surface area contributed by atoms with E-state index in [2.05, 4.69) is 67.7 Å². The second-order valence-corrected chi connectivity index (χ2v) is 5.68. The molecule has 2 aromatic carbocycles. The smallest absolute Gasteiger partial charge is 0.123 e. The third-order valence-corrected chi connectivity index (χ3v) is 3.88. The molecule has 118 valence electrons. The molecule has 0 saturated carbocycles. The van der Waals surface area contributed by atoms with Crippen LogP contribution in [0.2, 0.25) is 0 Å². The SMILES string of the molecule is CCCCCOc1ccccc1CN[C@H](C)c1ccccc1. The Hall–Kier alpha value is -1.80. The molecular weight excluding hydrogens is 270 g/mol. The van der Waals surface area contributed by atoms with Gasteiger partial charge in [0.05, 0.1) is 6.61 Å². The minimum absolute atomic E-state index is 0.328. The second-order valence-electron chi connectivity index (χ2n) is 5.68. The van der Waals surface area contributed by atoms with Crippen LogP contribution in [0.4, 0.5) is 0 Å². The van der Waals surface area contributed by atoms with Crippen LogP contribution < -0.4 is 10.1 Å². The van der Waals surface area contributed by atoms with Crippen LogP contribution in [0.15, 0.2) is 54.6 Å². The number of hydrogen-bond acceptors (Lipinski definition) is 2. The first-order valence-electron chi connectivity index (χ1n) is 8.30. The zero-order chi connectivity index (χ0) is 15.6. The summed E-state index contributed by atoms with van der Waals surface area (Å²) in [6, 6.07) is 19.2. The van der Waals surface area contributed by atoms with Gasteiger partial charge in [0.25, 0.3) is 0 Å². The number of ether oxygens (including phenoxy) is 1. The first kappa shape index (κ1) is 16.6. The van der Waals surface area contributed by atoms with Gasteiger partial charge in [0, 0.05) is 18.2 Å². The van der Waals surface area contributed by atoms with Crippen LogP contribution in [0.1, 0.15) is 50.3 Å². The maximum Gasteiger partial charge on any atom is 0.123 e. The van der Waals surface area contributed by atoms with Gasteiger partial charge in [-0.05, 0) is 25.0 Å². The quantitative estimate of drug-likeness (QED) is 0.650. The first-order chi connectivity index (χ1) is 10.8. The Bertz CT molecular complexity index is 538. The van der Waals surface area contributed by atoms with Gasteiger partial charge < -0.3 is 10.1 Å². The van der Waals surface area contributed by atoms with Crippen molar-refractivity contribution in [2.45, 2.75) is 45.7 Å². The molecule has 0 radical (unpaired) electrons. The molecule has 0 aromatic heterocycles. The van der Waals surface area contributed by atoms with Crippen LogP contribution in [-0.4, -0.2) is 6.61 Å². The molecule has 0 spiro atoms. The van der Waals surface area contributed by atoms with Crippen LogP contribution >= 0.6 is 0 Å². The Kier molecular flexibility index (Phi) is 6.98. The molecule has 2 nitrogen and oxygen atoms in total. The average Bonchev–Trinajstić information content (AvgIpc) is 2.58. The Labute approximate surface area is 134 Å². The van der Waals surface area contributed by atoms with Crippen molar-refractivity contribution >= 4 is 0 Å². The Morgan fingerprint density at radius 3 is 2.45 bits per heavy atom. The van der Waals surface area contributed by atoms with Crippen LogP contribution in [0.3, 0.4) is 0 Å². The van der Waals surface area contributed by atoms with Gasteiger partial charge in [-0.25, -0.2) is 0 Å². The lowest BCUT2D eigenvalue weighted by Gasteiger charge is -2.16. The van der Waals surface area contributed by atoms with Crippen molar-refractivity contribution in [1.82, 2.24) is 5.32 Å². The molecule has 2 heteroatoms. The summed E-state index contributed by atoms with van der Waals surface area (Å²) in [7, 11) is 0. The molecule has 0 bridgehead atoms. The minimum Gasteiger partial charge on any atom is -0.493 e. The maximum atomic E-state index is 5.94. The Morgan fingerprint density at radius 1 is 0.955 bits per heavy atom. The monoisotopic (exact) mass is 297 g/mol. The van der Waals surface area contributed by atoms with Gasteiger partial charge in [-0.3, -0.25) is 0 Å². The van der Waals surface area contributed by atoms with Gasteiger partial charge in [0.1, 0.15) is 5.75 Å². The van der Waals surface area contributed by atoms with Gasteiger partial charge in [-0.2, -0.15) is 0 Å². The first-order valence-corrected chi connectivity index (χ1v) is 8.30. The molecule has 1 atom stereocenters. The van der Waals surface area contributed by atoms with E-state index in [9.17, 15) is 0 Å². The summed E-state index contributed by atoms with van der Waals surface area (Å²) >= 11 is 0. The summed E-state index contributed by atoms with van der Waals surface area (Å²) in [5.41, 5.74) is 2.53. The molecule has 2 aromatic rings. The number of rotatable bonds is 9. The van der Waals surface area contributed by atoms with E-state index in [4.69, 9.17) is 4.74 Å². The fourth-order valence-electron chi connectivity index (χ4n) is 2.45. The highest BCUT2D eigenvalue weighted by Crippen LogP contribution is 2.20. The van der Waals surface area contributed by atoms with Crippen LogP contribution in [0.25, 0.3) is 0 Å². The molecule has 0 aliphatic heterocycles. The Morgan fingerprint density at radius 2 is 1.68 bits per heavy atom. The fourth-order valence-corrected chi connectivity index (χ4v) is 2.45. The van der Waals surface area contributed by atoms with E-state index in [0.717, 1.165) is 25.3 Å². The van der Waals surface area contributed by atoms with Crippen molar-refractivity contribution in [1.29, 1.82) is 0 Å². The van der Waals surface area contributed by atoms with Crippen molar-refractivity contribution < 1.29 is 4.74 Å². The molecule has 0 heterocycles. The van der Waals surface area contributed by atoms with Gasteiger partial charge >= 0.3 is 0 Å². The second kappa shape index (κ2) is 9.26. The molecule has 2 rings (SSSR count). The number of nitrogens with one attached hydrogen (secondary N) is 1. The molecule has 0 aliphatic rings. The van der Waals surface area contributed by atoms with E-state index in [0.29, 0.717) is 6.04 Å². The topological polar surface area (TPSA) is 21.3 Å². The summed E-state index contributed by atoms with van der Waals surface area (Å²) in [6.07, 6.45) is 3.57. The van der Waals surface area contributed by atoms with Crippen molar-refractivity contribution in [2.75, 3.05) is 6.61 Å². The summed E-state index contributed by atoms with van der Waals surface area (Å²) in [4.78, 5) is 0. The third kappa shape index (κ3) is 5.19. The van der Waals surface area contributed by atoms with Gasteiger partial charge in [0.2, 0.25) is 0 Å². The molecule has 0 aliphatic carbocycles. The van der Waals surface area contributed by atoms with Gasteiger partial charge in [-0.15, -0.1) is 0 Å². The number of para-hydroxylation sites is 1. The molecule has 0 unspecified atom stereocenters. The van der Waals surface area contributed by atoms with Gasteiger partial charge in [0.15, 0.2) is 0 Å². The van der Waals surface area contributed by atoms with Crippen molar-refractivity contribution in [3.8, 4) is 5.75 Å². The molecule has 22 heavy (non-hydrogen) atoms. The van der Waals surface area contributed by atoms with Crippen molar-refractivity contribution in [3.63, 3.8) is 0 Å². The summed E-state index contributed by atoms with van der Waals surface area (Å²) in [5.74, 6) is 1.01. The van der Waals surface area contributed by atoms with E-state index in [1.807, 2.05) is 6.07 Å². The zero-order valence-corrected chi connectivity index (χ0v) is 13.7. The highest BCUT2D eigenvalue weighted by Gasteiger charge is 2.07. The molecule has 0 fully saturated rings. The van der Waals surface area contributed by atoms with Crippen LogP contribution in [0.5, 0.6) is 5.75 Å². The number of hydrogen-bond donors (Lipinski definition) is 1. The minimum atomic E-state index is 0.328. The van der Waals surface area contributed by atoms with Gasteiger partial charge in [-0.1, -0.05) is 68.3 Å². The number of unbranched alkanes of at least 4 members (excludes halogenated alkanes) is 2. The lowest BCUT2D eigenvalue weighted by Crippen LogP contribution is -2.18. The lowest BCUT2D eigenvalue weighted by molar-refractivity contribution is 0.302. The zero-order valence-electron chi connectivity index (χ0n) is 13.7. The van der Waals surface area contributed by atoms with E-state index in [1.165, 1.54) is 24.0 Å². The van der Waals surface area contributed by atoms with Crippen molar-refractivity contribution in [2.24, 2.45) is 0 Å². The van der Waals surface area contributed by atoms with E-state index in [1.54, 1.807) is 0 Å². The molecule has 0 saturated heterocycles. The highest BCUT2D eigenvalue weighted by molar-refractivity contribution is 5.33. The summed E-state index contributed by atoms with van der Waals surface area (Å²) in [6.45, 7) is 6.03. The third-order valence-electron chi connectivity index (χ3n) is 3.88. The predicted molar refractivity (Wildman–Crippen MR) is 93.2 cm³/mol. The normalized spacial score (nSPS) is 12.1. The van der Waals surface area contributed by atoms with Crippen LogP contribution in [-0.2, 0) is 6.54 Å². The molecular formula is C20H27NO. The van der Waals surface area contributed by atoms with Crippen LogP contribution in [0, 0.1) is 0 Å². The maximum absolute atomic E-state index is 5.94. The fraction of sp³-hybridized carbons (Fsp3) is 0.400. The van der Waals surface area contributed by atoms with Crippen molar-refractivity contribution in [3.05, 3.63) is 65.7 Å². The van der Waals surface area contributed by atoms with E-state index in [-0.39, 0.29) is 0 Å². The molecule has 1 N–H and O–H groups in total. The highest BCUT2D eigenvalue weighted by atomic mass is 16.5. The Balaban J connectivity index is 1.89. The van der Waals surface area contributed by atoms with E-state index >= 15 is 0 Å². The predicted octanol–water partition coefficient (Wildman–Crippen LogP) is 5.11. The lowest BCUT2D eigenvalue weighted by atomic mass is 10.1.